The average Bonchev–Trinajstić information content (AvgIpc) is 2.52. The van der Waals surface area contributed by atoms with Crippen molar-refractivity contribution in [1.29, 1.82) is 0 Å². The van der Waals surface area contributed by atoms with E-state index < -0.39 is 0 Å². The third-order valence-electron chi connectivity index (χ3n) is 3.72. The first kappa shape index (κ1) is 17.5. The van der Waals surface area contributed by atoms with E-state index in [4.69, 9.17) is 4.74 Å². The standard InChI is InChI=1S/C17H28N2O2/c1-5-8-17(20)18-13-16(19(6-2)7-3)14-9-11-15(21-4)12-10-14/h9-12,16H,5-8,13H2,1-4H3,(H,18,20). The third kappa shape index (κ3) is 5.38. The number of nitrogens with one attached hydrogen (secondary N) is 1. The van der Waals surface area contributed by atoms with Gasteiger partial charge in [-0.25, -0.2) is 0 Å². The number of ether oxygens (including phenoxy) is 1. The van der Waals surface area contributed by atoms with Crippen molar-refractivity contribution in [3.63, 3.8) is 0 Å². The summed E-state index contributed by atoms with van der Waals surface area (Å²) in [6.45, 7) is 8.87. The first-order valence-corrected chi connectivity index (χ1v) is 7.80. The molecular weight excluding hydrogens is 264 g/mol. The summed E-state index contributed by atoms with van der Waals surface area (Å²) in [5.74, 6) is 0.982. The molecule has 1 aromatic carbocycles. The van der Waals surface area contributed by atoms with E-state index in [1.54, 1.807) is 7.11 Å². The highest BCUT2D eigenvalue weighted by atomic mass is 16.5. The van der Waals surface area contributed by atoms with E-state index in [0.29, 0.717) is 13.0 Å². The molecule has 4 heteroatoms. The van der Waals surface area contributed by atoms with Crippen LogP contribution in [-0.2, 0) is 4.79 Å². The van der Waals surface area contributed by atoms with E-state index in [9.17, 15) is 4.79 Å². The Bertz CT molecular complexity index is 413. The van der Waals surface area contributed by atoms with Gasteiger partial charge < -0.3 is 10.1 Å². The van der Waals surface area contributed by atoms with Gasteiger partial charge in [0.25, 0.3) is 0 Å². The molecule has 0 saturated heterocycles. The number of carbonyl (C=O) groups excluding carboxylic acids is 1. The Morgan fingerprint density at radius 2 is 1.81 bits per heavy atom. The number of methoxy groups -OCH3 is 1. The molecule has 0 bridgehead atoms. The first-order chi connectivity index (χ1) is 10.2. The van der Waals surface area contributed by atoms with E-state index in [2.05, 4.69) is 36.2 Å². The molecule has 0 saturated carbocycles. The number of benzene rings is 1. The van der Waals surface area contributed by atoms with Gasteiger partial charge in [-0.3, -0.25) is 9.69 Å². The zero-order valence-electron chi connectivity index (χ0n) is 13.7. The molecule has 21 heavy (non-hydrogen) atoms. The fourth-order valence-electron chi connectivity index (χ4n) is 2.47. The summed E-state index contributed by atoms with van der Waals surface area (Å²) in [5, 5.41) is 3.05. The Hall–Kier alpha value is -1.55. The molecule has 0 aliphatic heterocycles. The van der Waals surface area contributed by atoms with Gasteiger partial charge in [0.05, 0.1) is 13.2 Å². The van der Waals surface area contributed by atoms with Crippen molar-refractivity contribution < 1.29 is 9.53 Å². The van der Waals surface area contributed by atoms with Gasteiger partial charge in [0.15, 0.2) is 0 Å². The van der Waals surface area contributed by atoms with Crippen molar-refractivity contribution in [2.75, 3.05) is 26.7 Å². The third-order valence-corrected chi connectivity index (χ3v) is 3.72. The molecule has 0 fully saturated rings. The Labute approximate surface area is 128 Å². The lowest BCUT2D eigenvalue weighted by atomic mass is 10.0. The molecule has 0 radical (unpaired) electrons. The molecule has 1 amide bonds. The van der Waals surface area contributed by atoms with Crippen LogP contribution in [0.2, 0.25) is 0 Å². The summed E-state index contributed by atoms with van der Waals surface area (Å²) in [6.07, 6.45) is 1.47. The van der Waals surface area contributed by atoms with Gasteiger partial charge in [0.2, 0.25) is 5.91 Å². The fourth-order valence-corrected chi connectivity index (χ4v) is 2.47. The van der Waals surface area contributed by atoms with Gasteiger partial charge in [0, 0.05) is 13.0 Å². The molecule has 1 atom stereocenters. The molecule has 0 aliphatic rings. The Morgan fingerprint density at radius 1 is 1.19 bits per heavy atom. The zero-order chi connectivity index (χ0) is 15.7. The summed E-state index contributed by atoms with van der Waals surface area (Å²) in [6, 6.07) is 8.30. The zero-order valence-corrected chi connectivity index (χ0v) is 13.7. The predicted molar refractivity (Wildman–Crippen MR) is 86.6 cm³/mol. The second-order valence-electron chi connectivity index (χ2n) is 5.06. The number of carbonyl (C=O) groups is 1. The fraction of sp³-hybridized carbons (Fsp3) is 0.588. The molecule has 0 heterocycles. The summed E-state index contributed by atoms with van der Waals surface area (Å²) in [5.41, 5.74) is 1.20. The summed E-state index contributed by atoms with van der Waals surface area (Å²) in [4.78, 5) is 14.1. The van der Waals surface area contributed by atoms with Gasteiger partial charge >= 0.3 is 0 Å². The number of hydrogen-bond donors (Lipinski definition) is 1. The molecule has 0 spiro atoms. The number of nitrogens with zero attached hydrogens (tertiary/aromatic N) is 1. The second-order valence-corrected chi connectivity index (χ2v) is 5.06. The minimum absolute atomic E-state index is 0.128. The van der Waals surface area contributed by atoms with E-state index in [-0.39, 0.29) is 11.9 Å². The van der Waals surface area contributed by atoms with Crippen LogP contribution in [-0.4, -0.2) is 37.6 Å². The quantitative estimate of drug-likeness (QED) is 0.761. The topological polar surface area (TPSA) is 41.6 Å². The highest BCUT2D eigenvalue weighted by Gasteiger charge is 2.18. The van der Waals surface area contributed by atoms with Crippen molar-refractivity contribution in [1.82, 2.24) is 10.2 Å². The molecule has 1 aromatic rings. The molecule has 4 nitrogen and oxygen atoms in total. The van der Waals surface area contributed by atoms with E-state index in [0.717, 1.165) is 25.3 Å². The lowest BCUT2D eigenvalue weighted by Crippen LogP contribution is -2.38. The van der Waals surface area contributed by atoms with Crippen LogP contribution >= 0.6 is 0 Å². The Kier molecular flexibility index (Phi) is 7.83. The minimum atomic E-state index is 0.128. The van der Waals surface area contributed by atoms with Gasteiger partial charge in [-0.2, -0.15) is 0 Å². The van der Waals surface area contributed by atoms with Crippen molar-refractivity contribution in [2.24, 2.45) is 0 Å². The van der Waals surface area contributed by atoms with Crippen LogP contribution in [0.25, 0.3) is 0 Å². The second kappa shape index (κ2) is 9.40. The van der Waals surface area contributed by atoms with Gasteiger partial charge in [-0.1, -0.05) is 32.9 Å². The maximum absolute atomic E-state index is 11.7. The van der Waals surface area contributed by atoms with Gasteiger partial charge in [0.1, 0.15) is 5.75 Å². The van der Waals surface area contributed by atoms with E-state index >= 15 is 0 Å². The predicted octanol–water partition coefficient (Wildman–Crippen LogP) is 2.99. The van der Waals surface area contributed by atoms with Crippen molar-refractivity contribution in [3.05, 3.63) is 29.8 Å². The number of hydrogen-bond acceptors (Lipinski definition) is 3. The molecule has 118 valence electrons. The molecule has 0 aliphatic carbocycles. The highest BCUT2D eigenvalue weighted by Crippen LogP contribution is 2.22. The smallest absolute Gasteiger partial charge is 0.220 e. The molecule has 1 rings (SSSR count). The van der Waals surface area contributed by atoms with Crippen LogP contribution in [0.3, 0.4) is 0 Å². The number of rotatable bonds is 9. The van der Waals surface area contributed by atoms with Crippen LogP contribution in [0.4, 0.5) is 0 Å². The maximum Gasteiger partial charge on any atom is 0.220 e. The Morgan fingerprint density at radius 3 is 2.29 bits per heavy atom. The van der Waals surface area contributed by atoms with E-state index in [1.165, 1.54) is 5.56 Å². The largest absolute Gasteiger partial charge is 0.497 e. The minimum Gasteiger partial charge on any atom is -0.497 e. The van der Waals surface area contributed by atoms with Crippen LogP contribution in [0.1, 0.15) is 45.2 Å². The normalized spacial score (nSPS) is 12.2. The van der Waals surface area contributed by atoms with Crippen molar-refractivity contribution in [2.45, 2.75) is 39.7 Å². The molecule has 1 N–H and O–H groups in total. The Balaban J connectivity index is 2.82. The van der Waals surface area contributed by atoms with Gasteiger partial charge in [-0.05, 0) is 37.2 Å². The van der Waals surface area contributed by atoms with Crippen molar-refractivity contribution >= 4 is 5.91 Å². The highest BCUT2D eigenvalue weighted by molar-refractivity contribution is 5.75. The average molecular weight is 292 g/mol. The number of amides is 1. The summed E-state index contributed by atoms with van der Waals surface area (Å²) < 4.78 is 5.21. The molecule has 0 aromatic heterocycles. The number of likely N-dealkylation sites (N-methyl/N-ethyl adjacent to an activating group) is 1. The maximum atomic E-state index is 11.7. The van der Waals surface area contributed by atoms with Crippen molar-refractivity contribution in [3.8, 4) is 5.75 Å². The van der Waals surface area contributed by atoms with Crippen LogP contribution in [0.15, 0.2) is 24.3 Å². The lowest BCUT2D eigenvalue weighted by molar-refractivity contribution is -0.121. The lowest BCUT2D eigenvalue weighted by Gasteiger charge is -2.30. The summed E-state index contributed by atoms with van der Waals surface area (Å²) in [7, 11) is 1.67. The van der Waals surface area contributed by atoms with Crippen LogP contribution < -0.4 is 10.1 Å². The molecular formula is C17H28N2O2. The van der Waals surface area contributed by atoms with Crippen LogP contribution in [0, 0.1) is 0 Å². The summed E-state index contributed by atoms with van der Waals surface area (Å²) >= 11 is 0. The van der Waals surface area contributed by atoms with Crippen LogP contribution in [0.5, 0.6) is 5.75 Å². The monoisotopic (exact) mass is 292 g/mol. The first-order valence-electron chi connectivity index (χ1n) is 7.80. The SMILES string of the molecule is CCCC(=O)NCC(c1ccc(OC)cc1)N(CC)CC. The molecule has 1 unspecified atom stereocenters. The van der Waals surface area contributed by atoms with Gasteiger partial charge in [-0.15, -0.1) is 0 Å². The van der Waals surface area contributed by atoms with E-state index in [1.807, 2.05) is 19.1 Å².